The van der Waals surface area contributed by atoms with Gasteiger partial charge >= 0.3 is 0 Å². The Morgan fingerprint density at radius 1 is 1.35 bits per heavy atom. The van der Waals surface area contributed by atoms with E-state index in [1.807, 2.05) is 6.92 Å². The Bertz CT molecular complexity index is 539. The smallest absolute Gasteiger partial charge is 0.262 e. The Hall–Kier alpha value is -1.14. The number of nitrogens with zero attached hydrogens (tertiary/aromatic N) is 2. The Labute approximate surface area is 121 Å². The maximum Gasteiger partial charge on any atom is 0.262 e. The van der Waals surface area contributed by atoms with Gasteiger partial charge in [-0.05, 0) is 25.0 Å². The van der Waals surface area contributed by atoms with Gasteiger partial charge in [-0.1, -0.05) is 26.2 Å². The summed E-state index contributed by atoms with van der Waals surface area (Å²) in [4.78, 5) is 4.09. The van der Waals surface area contributed by atoms with E-state index in [4.69, 9.17) is 0 Å². The number of hydrogen-bond acceptors (Lipinski definition) is 4. The van der Waals surface area contributed by atoms with Crippen LogP contribution < -0.4 is 5.32 Å². The highest BCUT2D eigenvalue weighted by molar-refractivity contribution is 7.89. The third-order valence-electron chi connectivity index (χ3n) is 3.89. The lowest BCUT2D eigenvalue weighted by atomic mass is 9.95. The number of nitrogens with one attached hydrogen (secondary N) is 1. The molecule has 0 atom stereocenters. The number of pyridine rings is 1. The molecule has 0 amide bonds. The first-order valence-corrected chi connectivity index (χ1v) is 8.70. The minimum absolute atomic E-state index is 0.116. The molecule has 0 bridgehead atoms. The van der Waals surface area contributed by atoms with Crippen LogP contribution in [0.3, 0.4) is 0 Å². The fraction of sp³-hybridized carbons (Fsp3) is 0.643. The summed E-state index contributed by atoms with van der Waals surface area (Å²) in [5, 5.41) is 3.05. The maximum atomic E-state index is 12.9. The van der Waals surface area contributed by atoms with Crippen molar-refractivity contribution >= 4 is 15.7 Å². The summed E-state index contributed by atoms with van der Waals surface area (Å²) in [5.41, 5.74) is 0.557. The molecular formula is C14H23N3O2S. The zero-order chi connectivity index (χ0) is 14.6. The van der Waals surface area contributed by atoms with Crippen LogP contribution in [-0.4, -0.2) is 37.3 Å². The molecule has 1 heterocycles. The molecule has 0 aliphatic heterocycles. The first-order valence-electron chi connectivity index (χ1n) is 7.26. The Morgan fingerprint density at radius 2 is 2.05 bits per heavy atom. The molecule has 1 fully saturated rings. The summed E-state index contributed by atoms with van der Waals surface area (Å²) in [5.74, 6) is 0. The standard InChI is InChI=1S/C14H23N3O2S/c1-3-17(12-8-5-4-6-9-12)20(18,19)14-13(15-2)10-7-11-16-14/h7,10-12,15H,3-6,8-9H2,1-2H3. The van der Waals surface area contributed by atoms with Gasteiger partial charge in [0.2, 0.25) is 0 Å². The SMILES string of the molecule is CCN(C1CCCCC1)S(=O)(=O)c1ncccc1NC. The maximum absolute atomic E-state index is 12.9. The third-order valence-corrected chi connectivity index (χ3v) is 5.87. The minimum Gasteiger partial charge on any atom is -0.386 e. The molecule has 1 aromatic heterocycles. The Balaban J connectivity index is 2.35. The Morgan fingerprint density at radius 3 is 2.65 bits per heavy atom. The summed E-state index contributed by atoms with van der Waals surface area (Å²) < 4.78 is 27.4. The van der Waals surface area contributed by atoms with Gasteiger partial charge in [-0.15, -0.1) is 0 Å². The molecule has 0 saturated heterocycles. The molecule has 2 rings (SSSR count). The van der Waals surface area contributed by atoms with E-state index in [2.05, 4.69) is 10.3 Å². The van der Waals surface area contributed by atoms with Crippen molar-refractivity contribution in [3.63, 3.8) is 0 Å². The van der Waals surface area contributed by atoms with Crippen LogP contribution in [0.5, 0.6) is 0 Å². The highest BCUT2D eigenvalue weighted by Crippen LogP contribution is 2.29. The zero-order valence-corrected chi connectivity index (χ0v) is 13.0. The average Bonchev–Trinajstić information content (AvgIpc) is 2.48. The summed E-state index contributed by atoms with van der Waals surface area (Å²) in [7, 11) is -1.82. The number of rotatable bonds is 5. The van der Waals surface area contributed by atoms with E-state index in [0.717, 1.165) is 25.7 Å². The topological polar surface area (TPSA) is 62.3 Å². The zero-order valence-electron chi connectivity index (χ0n) is 12.2. The van der Waals surface area contributed by atoms with E-state index in [1.165, 1.54) is 12.6 Å². The molecule has 0 unspecified atom stereocenters. The van der Waals surface area contributed by atoms with Crippen molar-refractivity contribution < 1.29 is 8.42 Å². The number of anilines is 1. The van der Waals surface area contributed by atoms with E-state index < -0.39 is 10.0 Å². The van der Waals surface area contributed by atoms with Crippen molar-refractivity contribution in [3.05, 3.63) is 18.3 Å². The van der Waals surface area contributed by atoms with Gasteiger partial charge in [0.15, 0.2) is 5.03 Å². The van der Waals surface area contributed by atoms with Crippen LogP contribution in [0.2, 0.25) is 0 Å². The highest BCUT2D eigenvalue weighted by atomic mass is 32.2. The van der Waals surface area contributed by atoms with Crippen LogP contribution in [0.25, 0.3) is 0 Å². The number of aromatic nitrogens is 1. The second kappa shape index (κ2) is 6.54. The third kappa shape index (κ3) is 2.96. The van der Waals surface area contributed by atoms with E-state index in [0.29, 0.717) is 12.2 Å². The molecule has 0 aromatic carbocycles. The summed E-state index contributed by atoms with van der Waals surface area (Å²) in [6, 6.07) is 3.60. The van der Waals surface area contributed by atoms with Crippen LogP contribution >= 0.6 is 0 Å². The molecule has 1 aliphatic rings. The molecular weight excluding hydrogens is 274 g/mol. The second-order valence-corrected chi connectivity index (χ2v) is 6.91. The average molecular weight is 297 g/mol. The molecule has 1 aliphatic carbocycles. The first kappa shape index (κ1) is 15.3. The van der Waals surface area contributed by atoms with Gasteiger partial charge in [0.05, 0.1) is 5.69 Å². The van der Waals surface area contributed by atoms with E-state index >= 15 is 0 Å². The van der Waals surface area contributed by atoms with Gasteiger partial charge in [0.25, 0.3) is 10.0 Å². The van der Waals surface area contributed by atoms with Gasteiger partial charge in [0, 0.05) is 25.8 Å². The minimum atomic E-state index is -3.53. The van der Waals surface area contributed by atoms with Crippen LogP contribution in [0.15, 0.2) is 23.4 Å². The number of hydrogen-bond donors (Lipinski definition) is 1. The molecule has 1 N–H and O–H groups in total. The van der Waals surface area contributed by atoms with Crippen LogP contribution in [-0.2, 0) is 10.0 Å². The lowest BCUT2D eigenvalue weighted by molar-refractivity contribution is 0.261. The normalized spacial score (nSPS) is 17.4. The molecule has 0 radical (unpaired) electrons. The molecule has 1 aromatic rings. The molecule has 112 valence electrons. The quantitative estimate of drug-likeness (QED) is 0.907. The lowest BCUT2D eigenvalue weighted by Crippen LogP contribution is -2.41. The van der Waals surface area contributed by atoms with Gasteiger partial charge in [0.1, 0.15) is 0 Å². The van der Waals surface area contributed by atoms with Crippen LogP contribution in [0.1, 0.15) is 39.0 Å². The van der Waals surface area contributed by atoms with Crippen molar-refractivity contribution in [2.45, 2.75) is 50.1 Å². The molecule has 20 heavy (non-hydrogen) atoms. The molecule has 0 spiro atoms. The van der Waals surface area contributed by atoms with Crippen LogP contribution in [0.4, 0.5) is 5.69 Å². The Kier molecular flexibility index (Phi) is 4.99. The second-order valence-electron chi connectivity index (χ2n) is 5.11. The first-order chi connectivity index (χ1) is 9.61. The monoisotopic (exact) mass is 297 g/mol. The highest BCUT2D eigenvalue weighted by Gasteiger charge is 2.33. The van der Waals surface area contributed by atoms with Crippen LogP contribution in [0, 0.1) is 0 Å². The predicted molar refractivity (Wildman–Crippen MR) is 80.2 cm³/mol. The lowest BCUT2D eigenvalue weighted by Gasteiger charge is -2.32. The summed E-state index contributed by atoms with van der Waals surface area (Å²) in [6.07, 6.45) is 6.86. The van der Waals surface area contributed by atoms with Crippen molar-refractivity contribution in [1.29, 1.82) is 0 Å². The summed E-state index contributed by atoms with van der Waals surface area (Å²) in [6.45, 7) is 2.39. The van der Waals surface area contributed by atoms with E-state index in [-0.39, 0.29) is 11.1 Å². The fourth-order valence-electron chi connectivity index (χ4n) is 2.89. The van der Waals surface area contributed by atoms with Gasteiger partial charge < -0.3 is 5.32 Å². The fourth-order valence-corrected chi connectivity index (χ4v) is 4.70. The van der Waals surface area contributed by atoms with Crippen molar-refractivity contribution in [1.82, 2.24) is 9.29 Å². The van der Waals surface area contributed by atoms with Gasteiger partial charge in [-0.25, -0.2) is 13.4 Å². The molecule has 6 heteroatoms. The number of sulfonamides is 1. The molecule has 5 nitrogen and oxygen atoms in total. The van der Waals surface area contributed by atoms with E-state index in [1.54, 1.807) is 23.5 Å². The largest absolute Gasteiger partial charge is 0.386 e. The van der Waals surface area contributed by atoms with Crippen molar-refractivity contribution in [2.75, 3.05) is 18.9 Å². The van der Waals surface area contributed by atoms with Gasteiger partial charge in [-0.3, -0.25) is 0 Å². The van der Waals surface area contributed by atoms with Gasteiger partial charge in [-0.2, -0.15) is 4.31 Å². The van der Waals surface area contributed by atoms with E-state index in [9.17, 15) is 8.42 Å². The van der Waals surface area contributed by atoms with Crippen molar-refractivity contribution in [3.8, 4) is 0 Å². The van der Waals surface area contributed by atoms with Crippen molar-refractivity contribution in [2.24, 2.45) is 0 Å². The predicted octanol–water partition coefficient (Wildman–Crippen LogP) is 2.47. The molecule has 1 saturated carbocycles. The summed E-state index contributed by atoms with van der Waals surface area (Å²) >= 11 is 0.